The molecule has 0 bridgehead atoms. The largest absolute Gasteiger partial charge is 0.372 e. The van der Waals surface area contributed by atoms with E-state index < -0.39 is 0 Å². The smallest absolute Gasteiger partial charge is 0.227 e. The number of ether oxygens (including phenoxy) is 1. The normalized spacial score (nSPS) is 22.7. The van der Waals surface area contributed by atoms with Crippen LogP contribution in [-0.2, 0) is 16.0 Å². The lowest BCUT2D eigenvalue weighted by Crippen LogP contribution is -2.48. The summed E-state index contributed by atoms with van der Waals surface area (Å²) in [6.45, 7) is 7.45. The van der Waals surface area contributed by atoms with Gasteiger partial charge < -0.3 is 14.6 Å². The van der Waals surface area contributed by atoms with E-state index in [9.17, 15) is 4.79 Å². The van der Waals surface area contributed by atoms with Gasteiger partial charge in [-0.2, -0.15) is 0 Å². The van der Waals surface area contributed by atoms with Gasteiger partial charge in [0.1, 0.15) is 0 Å². The van der Waals surface area contributed by atoms with E-state index in [0.29, 0.717) is 19.5 Å². The highest BCUT2D eigenvalue weighted by molar-refractivity contribution is 5.90. The molecule has 1 fully saturated rings. The molecule has 1 aliphatic rings. The number of fused-ring (bicyclic) bond motifs is 1. The van der Waals surface area contributed by atoms with Crippen molar-refractivity contribution in [3.8, 4) is 0 Å². The molecule has 1 aliphatic heterocycles. The van der Waals surface area contributed by atoms with Gasteiger partial charge in [-0.15, -0.1) is 0 Å². The molecule has 3 rings (SSSR count). The van der Waals surface area contributed by atoms with Gasteiger partial charge in [0.15, 0.2) is 0 Å². The summed E-state index contributed by atoms with van der Waals surface area (Å²) in [5.74, 6) is 0.185. The van der Waals surface area contributed by atoms with Crippen LogP contribution < -0.4 is 0 Å². The minimum absolute atomic E-state index is 0.113. The molecule has 2 aromatic rings. The highest BCUT2D eigenvalue weighted by Gasteiger charge is 2.26. The predicted octanol–water partition coefficient (Wildman–Crippen LogP) is 2.65. The number of hydrogen-bond donors (Lipinski definition) is 1. The lowest BCUT2D eigenvalue weighted by molar-refractivity contribution is -0.142. The Hall–Kier alpha value is -1.81. The third kappa shape index (κ3) is 2.81. The summed E-state index contributed by atoms with van der Waals surface area (Å²) in [7, 11) is 0. The van der Waals surface area contributed by atoms with E-state index in [1.807, 2.05) is 37.8 Å². The fourth-order valence-electron chi connectivity index (χ4n) is 3.21. The third-order valence-electron chi connectivity index (χ3n) is 4.13. The molecule has 21 heavy (non-hydrogen) atoms. The number of nitrogens with one attached hydrogen (secondary N) is 1. The number of carbonyl (C=O) groups excluding carboxylic acids is 1. The van der Waals surface area contributed by atoms with Crippen molar-refractivity contribution in [1.82, 2.24) is 9.88 Å². The molecule has 2 heterocycles. The molecule has 2 atom stereocenters. The summed E-state index contributed by atoms with van der Waals surface area (Å²) in [6, 6.07) is 8.15. The number of carbonyl (C=O) groups is 1. The average Bonchev–Trinajstić information content (AvgIpc) is 2.74. The molecule has 0 saturated carbocycles. The van der Waals surface area contributed by atoms with Crippen LogP contribution in [0.1, 0.15) is 25.1 Å². The van der Waals surface area contributed by atoms with Crippen LogP contribution in [0.15, 0.2) is 24.3 Å². The number of benzene rings is 1. The molecular formula is C17H22N2O2. The van der Waals surface area contributed by atoms with E-state index in [-0.39, 0.29) is 18.1 Å². The first-order valence-corrected chi connectivity index (χ1v) is 7.54. The van der Waals surface area contributed by atoms with Crippen LogP contribution in [0.5, 0.6) is 0 Å². The summed E-state index contributed by atoms with van der Waals surface area (Å²) in [4.78, 5) is 17.9. The lowest BCUT2D eigenvalue weighted by atomic mass is 10.1. The van der Waals surface area contributed by atoms with Gasteiger partial charge in [-0.25, -0.2) is 0 Å². The molecule has 112 valence electrons. The second-order valence-corrected chi connectivity index (χ2v) is 6.01. The van der Waals surface area contributed by atoms with E-state index in [1.165, 1.54) is 0 Å². The molecular weight excluding hydrogens is 264 g/mol. The summed E-state index contributed by atoms with van der Waals surface area (Å²) in [5.41, 5.74) is 3.29. The predicted molar refractivity (Wildman–Crippen MR) is 83.3 cm³/mol. The zero-order chi connectivity index (χ0) is 15.0. The van der Waals surface area contributed by atoms with E-state index in [2.05, 4.69) is 17.1 Å². The molecule has 1 amide bonds. The molecule has 0 spiro atoms. The number of rotatable bonds is 2. The van der Waals surface area contributed by atoms with E-state index >= 15 is 0 Å². The van der Waals surface area contributed by atoms with Crippen molar-refractivity contribution in [3.63, 3.8) is 0 Å². The van der Waals surface area contributed by atoms with Gasteiger partial charge in [-0.3, -0.25) is 4.79 Å². The molecule has 0 aliphatic carbocycles. The molecule has 0 radical (unpaired) electrons. The Labute approximate surface area is 125 Å². The van der Waals surface area contributed by atoms with Crippen molar-refractivity contribution in [3.05, 3.63) is 35.5 Å². The first-order chi connectivity index (χ1) is 10.0. The fourth-order valence-corrected chi connectivity index (χ4v) is 3.21. The summed E-state index contributed by atoms with van der Waals surface area (Å²) >= 11 is 0. The number of H-pyrrole nitrogens is 1. The molecule has 1 aromatic heterocycles. The maximum Gasteiger partial charge on any atom is 0.227 e. The zero-order valence-corrected chi connectivity index (χ0v) is 12.8. The topological polar surface area (TPSA) is 45.3 Å². The quantitative estimate of drug-likeness (QED) is 0.922. The van der Waals surface area contributed by atoms with Crippen molar-refractivity contribution in [2.24, 2.45) is 0 Å². The summed E-state index contributed by atoms with van der Waals surface area (Å²) in [5, 5.41) is 1.15. The van der Waals surface area contributed by atoms with Crippen molar-refractivity contribution < 1.29 is 9.53 Å². The van der Waals surface area contributed by atoms with E-state index in [1.54, 1.807) is 0 Å². The summed E-state index contributed by atoms with van der Waals surface area (Å²) < 4.78 is 5.70. The number of morpholine rings is 1. The van der Waals surface area contributed by atoms with Crippen LogP contribution in [0.25, 0.3) is 10.9 Å². The second-order valence-electron chi connectivity index (χ2n) is 6.01. The summed E-state index contributed by atoms with van der Waals surface area (Å²) in [6.07, 6.45) is 0.679. The van der Waals surface area contributed by atoms with Gasteiger partial charge in [0.25, 0.3) is 0 Å². The highest BCUT2D eigenvalue weighted by atomic mass is 16.5. The fraction of sp³-hybridized carbons (Fsp3) is 0.471. The van der Waals surface area contributed by atoms with Gasteiger partial charge in [-0.05, 0) is 32.4 Å². The first-order valence-electron chi connectivity index (χ1n) is 7.54. The van der Waals surface area contributed by atoms with Gasteiger partial charge in [-0.1, -0.05) is 18.2 Å². The minimum Gasteiger partial charge on any atom is -0.372 e. The van der Waals surface area contributed by atoms with Gasteiger partial charge in [0.2, 0.25) is 5.91 Å². The Morgan fingerprint density at radius 2 is 1.95 bits per heavy atom. The van der Waals surface area contributed by atoms with Gasteiger partial charge >= 0.3 is 0 Å². The van der Waals surface area contributed by atoms with Crippen molar-refractivity contribution in [2.45, 2.75) is 39.4 Å². The standard InChI is InChI=1S/C17H22N2O2/c1-11-9-19(10-12(2)21-11)17(20)8-15-13(3)18-16-7-5-4-6-14(15)16/h4-7,11-12,18H,8-10H2,1-3H3. The third-order valence-corrected chi connectivity index (χ3v) is 4.13. The molecule has 2 unspecified atom stereocenters. The molecule has 4 heteroatoms. The number of aryl methyl sites for hydroxylation is 1. The number of aromatic nitrogens is 1. The number of nitrogens with zero attached hydrogens (tertiary/aromatic N) is 1. The van der Waals surface area contributed by atoms with Crippen LogP contribution in [0.2, 0.25) is 0 Å². The lowest BCUT2D eigenvalue weighted by Gasteiger charge is -2.35. The molecule has 1 N–H and O–H groups in total. The number of para-hydroxylation sites is 1. The highest BCUT2D eigenvalue weighted by Crippen LogP contribution is 2.23. The average molecular weight is 286 g/mol. The Balaban J connectivity index is 1.81. The zero-order valence-electron chi connectivity index (χ0n) is 12.8. The Morgan fingerprint density at radius 1 is 1.29 bits per heavy atom. The number of aromatic amines is 1. The van der Waals surface area contributed by atoms with Crippen LogP contribution in [-0.4, -0.2) is 41.1 Å². The maximum absolute atomic E-state index is 12.6. The maximum atomic E-state index is 12.6. The monoisotopic (exact) mass is 286 g/mol. The molecule has 1 saturated heterocycles. The Morgan fingerprint density at radius 3 is 2.67 bits per heavy atom. The minimum atomic E-state index is 0.113. The SMILES string of the molecule is Cc1[nH]c2ccccc2c1CC(=O)N1CC(C)OC(C)C1. The van der Waals surface area contributed by atoms with E-state index in [0.717, 1.165) is 22.2 Å². The van der Waals surface area contributed by atoms with Crippen LogP contribution in [0.4, 0.5) is 0 Å². The van der Waals surface area contributed by atoms with Crippen molar-refractivity contribution >= 4 is 16.8 Å². The number of hydrogen-bond acceptors (Lipinski definition) is 2. The van der Waals surface area contributed by atoms with E-state index in [4.69, 9.17) is 4.74 Å². The van der Waals surface area contributed by atoms with Crippen molar-refractivity contribution in [1.29, 1.82) is 0 Å². The molecule has 1 aromatic carbocycles. The van der Waals surface area contributed by atoms with Gasteiger partial charge in [0.05, 0.1) is 18.6 Å². The molecule has 4 nitrogen and oxygen atoms in total. The van der Waals surface area contributed by atoms with Crippen LogP contribution in [0.3, 0.4) is 0 Å². The Bertz CT molecular complexity index is 652. The van der Waals surface area contributed by atoms with Gasteiger partial charge in [0, 0.05) is 29.7 Å². The van der Waals surface area contributed by atoms with Crippen LogP contribution in [0, 0.1) is 6.92 Å². The number of amides is 1. The van der Waals surface area contributed by atoms with Crippen molar-refractivity contribution in [2.75, 3.05) is 13.1 Å². The first kappa shape index (κ1) is 14.1. The second kappa shape index (κ2) is 5.53. The van der Waals surface area contributed by atoms with Crippen LogP contribution >= 0.6 is 0 Å². The Kier molecular flexibility index (Phi) is 3.72.